The Morgan fingerprint density at radius 1 is 1.45 bits per heavy atom. The molecule has 1 saturated heterocycles. The van der Waals surface area contributed by atoms with E-state index in [0.717, 1.165) is 12.1 Å². The number of nitrogens with zero attached hydrogens (tertiary/aromatic N) is 2. The molecular formula is C14H22N4O2. The molecule has 1 aromatic carbocycles. The number of piperidine rings is 1. The summed E-state index contributed by atoms with van der Waals surface area (Å²) < 4.78 is 0. The van der Waals surface area contributed by atoms with Gasteiger partial charge in [0.15, 0.2) is 0 Å². The molecule has 110 valence electrons. The largest absolute Gasteiger partial charge is 0.318 e. The number of nitrogen functional groups attached to an aromatic ring is 1. The molecule has 2 atom stereocenters. The zero-order valence-corrected chi connectivity index (χ0v) is 12.0. The average Bonchev–Trinajstić information content (AvgIpc) is 2.42. The van der Waals surface area contributed by atoms with E-state index in [1.807, 2.05) is 6.07 Å². The van der Waals surface area contributed by atoms with Crippen molar-refractivity contribution in [2.45, 2.75) is 39.3 Å². The van der Waals surface area contributed by atoms with Crippen molar-refractivity contribution in [2.75, 3.05) is 12.0 Å². The smallest absolute Gasteiger partial charge is 0.293 e. The highest BCUT2D eigenvalue weighted by Crippen LogP contribution is 2.30. The van der Waals surface area contributed by atoms with Crippen LogP contribution in [0.25, 0.3) is 0 Å². The Labute approximate surface area is 119 Å². The summed E-state index contributed by atoms with van der Waals surface area (Å²) in [4.78, 5) is 13.0. The highest BCUT2D eigenvalue weighted by atomic mass is 16.6. The highest BCUT2D eigenvalue weighted by molar-refractivity contribution is 5.65. The average molecular weight is 278 g/mol. The number of rotatable bonds is 4. The molecule has 0 spiro atoms. The quantitative estimate of drug-likeness (QED) is 0.502. The van der Waals surface area contributed by atoms with Gasteiger partial charge in [-0.05, 0) is 31.2 Å². The summed E-state index contributed by atoms with van der Waals surface area (Å²) in [5, 5.41) is 11.0. The molecule has 0 amide bonds. The minimum atomic E-state index is -0.402. The van der Waals surface area contributed by atoms with Crippen LogP contribution in [0.5, 0.6) is 0 Å². The first-order chi connectivity index (χ1) is 9.52. The number of nitro groups is 1. The molecule has 0 saturated carbocycles. The van der Waals surface area contributed by atoms with Gasteiger partial charge in [-0.25, -0.2) is 0 Å². The topological polar surface area (TPSA) is 84.4 Å². The molecule has 2 unspecified atom stereocenters. The molecule has 1 heterocycles. The number of hydrazine groups is 1. The van der Waals surface area contributed by atoms with Crippen LogP contribution in [0.2, 0.25) is 0 Å². The fourth-order valence-electron chi connectivity index (χ4n) is 2.86. The first-order valence-corrected chi connectivity index (χ1v) is 7.00. The molecule has 1 aliphatic rings. The van der Waals surface area contributed by atoms with Gasteiger partial charge in [-0.2, -0.15) is 0 Å². The van der Waals surface area contributed by atoms with Crippen molar-refractivity contribution in [3.05, 3.63) is 33.9 Å². The monoisotopic (exact) mass is 278 g/mol. The second kappa shape index (κ2) is 6.19. The zero-order chi connectivity index (χ0) is 14.7. The molecule has 6 heteroatoms. The lowest BCUT2D eigenvalue weighted by Crippen LogP contribution is -2.40. The third kappa shape index (κ3) is 3.08. The summed E-state index contributed by atoms with van der Waals surface area (Å²) in [6.07, 6.45) is 2.41. The summed E-state index contributed by atoms with van der Waals surface area (Å²) in [7, 11) is 0. The summed E-state index contributed by atoms with van der Waals surface area (Å²) in [5.74, 6) is 6.15. The molecule has 0 aliphatic carbocycles. The van der Waals surface area contributed by atoms with Crippen molar-refractivity contribution < 1.29 is 4.92 Å². The van der Waals surface area contributed by atoms with Gasteiger partial charge in [-0.3, -0.25) is 20.9 Å². The van der Waals surface area contributed by atoms with Crippen LogP contribution < -0.4 is 11.3 Å². The number of benzene rings is 1. The van der Waals surface area contributed by atoms with Crippen LogP contribution >= 0.6 is 0 Å². The third-order valence-corrected chi connectivity index (χ3v) is 4.09. The van der Waals surface area contributed by atoms with Gasteiger partial charge in [0.25, 0.3) is 5.69 Å². The second-order valence-electron chi connectivity index (χ2n) is 5.67. The highest BCUT2D eigenvalue weighted by Gasteiger charge is 2.25. The van der Waals surface area contributed by atoms with Crippen LogP contribution in [0.1, 0.15) is 32.3 Å². The first kappa shape index (κ1) is 14.7. The Hall–Kier alpha value is -1.66. The lowest BCUT2D eigenvalue weighted by atomic mass is 9.94. The number of likely N-dealkylation sites (tertiary alicyclic amines) is 1. The maximum absolute atomic E-state index is 11.0. The molecule has 3 N–H and O–H groups in total. The number of nitro benzene ring substituents is 1. The van der Waals surface area contributed by atoms with Crippen LogP contribution in [-0.2, 0) is 6.54 Å². The summed E-state index contributed by atoms with van der Waals surface area (Å²) in [6, 6.07) is 5.58. The van der Waals surface area contributed by atoms with Gasteiger partial charge in [-0.1, -0.05) is 19.1 Å². The van der Waals surface area contributed by atoms with E-state index in [2.05, 4.69) is 24.2 Å². The lowest BCUT2D eigenvalue weighted by molar-refractivity contribution is -0.384. The van der Waals surface area contributed by atoms with Gasteiger partial charge >= 0.3 is 0 Å². The molecular weight excluding hydrogens is 256 g/mol. The fourth-order valence-corrected chi connectivity index (χ4v) is 2.86. The predicted octanol–water partition coefficient (Wildman–Crippen LogP) is 2.50. The van der Waals surface area contributed by atoms with E-state index < -0.39 is 4.92 Å². The van der Waals surface area contributed by atoms with Crippen LogP contribution in [0, 0.1) is 16.0 Å². The molecule has 2 rings (SSSR count). The van der Waals surface area contributed by atoms with E-state index >= 15 is 0 Å². The zero-order valence-electron chi connectivity index (χ0n) is 12.0. The van der Waals surface area contributed by atoms with Crippen molar-refractivity contribution in [3.8, 4) is 0 Å². The maximum atomic E-state index is 11.0. The van der Waals surface area contributed by atoms with Crippen LogP contribution in [0.4, 0.5) is 11.4 Å². The SMILES string of the molecule is CC1CCC(C)N(Cc2cccc([N+](=O)[O-])c2NN)C1. The Kier molecular flexibility index (Phi) is 4.57. The Morgan fingerprint density at radius 3 is 2.85 bits per heavy atom. The van der Waals surface area contributed by atoms with Crippen molar-refractivity contribution in [3.63, 3.8) is 0 Å². The van der Waals surface area contributed by atoms with E-state index in [0.29, 0.717) is 24.2 Å². The Morgan fingerprint density at radius 2 is 2.20 bits per heavy atom. The number of nitrogens with two attached hydrogens (primary N) is 1. The standard InChI is InChI=1S/C14H22N4O2/c1-10-6-7-11(2)17(8-10)9-12-4-3-5-13(18(19)20)14(12)16-15/h3-5,10-11,16H,6-9,15H2,1-2H3. The van der Waals surface area contributed by atoms with Crippen molar-refractivity contribution in [1.82, 2.24) is 4.90 Å². The Bertz CT molecular complexity index is 492. The number of hydrogen-bond acceptors (Lipinski definition) is 5. The van der Waals surface area contributed by atoms with E-state index in [9.17, 15) is 10.1 Å². The van der Waals surface area contributed by atoms with Crippen LogP contribution in [0.15, 0.2) is 18.2 Å². The fraction of sp³-hybridized carbons (Fsp3) is 0.571. The van der Waals surface area contributed by atoms with Gasteiger partial charge < -0.3 is 5.43 Å². The van der Waals surface area contributed by atoms with Crippen molar-refractivity contribution in [2.24, 2.45) is 11.8 Å². The van der Waals surface area contributed by atoms with Crippen molar-refractivity contribution in [1.29, 1.82) is 0 Å². The lowest BCUT2D eigenvalue weighted by Gasteiger charge is -2.37. The van der Waals surface area contributed by atoms with Gasteiger partial charge in [0.05, 0.1) is 4.92 Å². The number of anilines is 1. The van der Waals surface area contributed by atoms with Crippen molar-refractivity contribution >= 4 is 11.4 Å². The molecule has 0 aromatic heterocycles. The molecule has 20 heavy (non-hydrogen) atoms. The van der Waals surface area contributed by atoms with Crippen LogP contribution in [-0.4, -0.2) is 22.4 Å². The molecule has 1 aliphatic heterocycles. The van der Waals surface area contributed by atoms with Crippen LogP contribution in [0.3, 0.4) is 0 Å². The summed E-state index contributed by atoms with van der Waals surface area (Å²) in [6.45, 7) is 6.16. The molecule has 0 bridgehead atoms. The van der Waals surface area contributed by atoms with E-state index in [-0.39, 0.29) is 5.69 Å². The second-order valence-corrected chi connectivity index (χ2v) is 5.67. The summed E-state index contributed by atoms with van der Waals surface area (Å²) in [5.41, 5.74) is 3.82. The van der Waals surface area contributed by atoms with Gasteiger partial charge in [0.2, 0.25) is 0 Å². The van der Waals surface area contributed by atoms with Gasteiger partial charge in [0.1, 0.15) is 5.69 Å². The first-order valence-electron chi connectivity index (χ1n) is 7.00. The van der Waals surface area contributed by atoms with E-state index in [1.165, 1.54) is 18.9 Å². The predicted molar refractivity (Wildman–Crippen MR) is 79.2 cm³/mol. The van der Waals surface area contributed by atoms with Gasteiger partial charge in [-0.15, -0.1) is 0 Å². The van der Waals surface area contributed by atoms with Gasteiger partial charge in [0, 0.05) is 25.2 Å². The normalized spacial score (nSPS) is 23.6. The number of para-hydroxylation sites is 1. The Balaban J connectivity index is 2.24. The molecule has 1 fully saturated rings. The van der Waals surface area contributed by atoms with E-state index in [1.54, 1.807) is 6.07 Å². The molecule has 6 nitrogen and oxygen atoms in total. The summed E-state index contributed by atoms with van der Waals surface area (Å²) >= 11 is 0. The maximum Gasteiger partial charge on any atom is 0.293 e. The minimum Gasteiger partial charge on any atom is -0.318 e. The number of nitrogens with one attached hydrogen (secondary N) is 1. The minimum absolute atomic E-state index is 0.0303. The molecule has 1 aromatic rings. The third-order valence-electron chi connectivity index (χ3n) is 4.09. The molecule has 0 radical (unpaired) electrons. The number of hydrogen-bond donors (Lipinski definition) is 2. The van der Waals surface area contributed by atoms with E-state index in [4.69, 9.17) is 5.84 Å².